The van der Waals surface area contributed by atoms with Gasteiger partial charge in [-0.05, 0) is 17.7 Å². The number of aromatic amines is 1. The Balaban J connectivity index is 2.13. The molecule has 2 saturated heterocycles. The molecule has 3 heterocycles. The average Bonchev–Trinajstić information content (AvgIpc) is 2.69. The quantitative estimate of drug-likeness (QED) is 0.379. The Labute approximate surface area is 127 Å². The number of ether oxygens (including phenoxy) is 1. The largest absolute Gasteiger partial charge is 0.393 e. The molecule has 0 unspecified atom stereocenters. The first-order valence-electron chi connectivity index (χ1n) is 6.47. The lowest BCUT2D eigenvalue weighted by atomic mass is 9.91. The van der Waals surface area contributed by atoms with Crippen molar-refractivity contribution in [3.05, 3.63) is 43.5 Å². The summed E-state index contributed by atoms with van der Waals surface area (Å²) >= 11 is 1.36. The number of nitrogens with one attached hydrogen (secondary N) is 1. The first-order valence-corrected chi connectivity index (χ1v) is 7.46. The Morgan fingerprint density at radius 2 is 2.36 bits per heavy atom. The third kappa shape index (κ3) is 1.91. The van der Waals surface area contributed by atoms with E-state index in [4.69, 9.17) is 10.3 Å². The van der Waals surface area contributed by atoms with E-state index in [2.05, 4.69) is 15.0 Å². The normalized spacial score (nSPS) is 36.8. The van der Waals surface area contributed by atoms with Crippen LogP contribution in [0.2, 0.25) is 0 Å². The number of H-pyrrole nitrogens is 1. The monoisotopic (exact) mass is 327 g/mol. The highest BCUT2D eigenvalue weighted by molar-refractivity contribution is 8.02. The van der Waals surface area contributed by atoms with E-state index in [0.717, 1.165) is 16.4 Å². The number of nitrogens with zero attached hydrogens (tertiary/aromatic N) is 4. The molecule has 0 aromatic carbocycles. The maximum Gasteiger partial charge on any atom is 0.330 e. The molecule has 1 aromatic rings. The van der Waals surface area contributed by atoms with Crippen LogP contribution in [0.5, 0.6) is 0 Å². The second kappa shape index (κ2) is 5.14. The molecule has 1 spiro atoms. The molecule has 4 atom stereocenters. The SMILES string of the molecule is [N-]=[N+]=N[C@]1(CO)O[C@@H](n2ccc(=O)[nH]c2=O)[C@@]2(CCS2)[C@@H]1O. The Kier molecular flexibility index (Phi) is 3.54. The average molecular weight is 327 g/mol. The van der Waals surface area contributed by atoms with E-state index in [-0.39, 0.29) is 0 Å². The Morgan fingerprint density at radius 3 is 2.86 bits per heavy atom. The van der Waals surface area contributed by atoms with Gasteiger partial charge in [-0.2, -0.15) is 0 Å². The molecule has 2 aliphatic heterocycles. The number of aliphatic hydroxyl groups is 2. The van der Waals surface area contributed by atoms with Crippen molar-refractivity contribution in [1.29, 1.82) is 0 Å². The van der Waals surface area contributed by atoms with E-state index >= 15 is 0 Å². The molecule has 0 saturated carbocycles. The van der Waals surface area contributed by atoms with Crippen LogP contribution in [0.25, 0.3) is 10.4 Å². The minimum absolute atomic E-state index is 0.512. The zero-order valence-electron chi connectivity index (χ0n) is 11.2. The molecule has 118 valence electrons. The van der Waals surface area contributed by atoms with E-state index in [1.165, 1.54) is 18.0 Å². The van der Waals surface area contributed by atoms with Gasteiger partial charge in [0.2, 0.25) is 0 Å². The van der Waals surface area contributed by atoms with Gasteiger partial charge in [0.15, 0.2) is 12.0 Å². The lowest BCUT2D eigenvalue weighted by Gasteiger charge is -2.43. The topological polar surface area (TPSA) is 153 Å². The number of hydrogen-bond donors (Lipinski definition) is 3. The molecule has 0 bridgehead atoms. The van der Waals surface area contributed by atoms with Gasteiger partial charge in [-0.15, -0.1) is 11.8 Å². The van der Waals surface area contributed by atoms with Gasteiger partial charge < -0.3 is 14.9 Å². The van der Waals surface area contributed by atoms with Gasteiger partial charge in [0.25, 0.3) is 5.56 Å². The first kappa shape index (κ1) is 15.1. The fraction of sp³-hybridized carbons (Fsp3) is 0.636. The van der Waals surface area contributed by atoms with Crippen LogP contribution >= 0.6 is 11.8 Å². The molecule has 2 aliphatic rings. The highest BCUT2D eigenvalue weighted by Gasteiger charge is 2.67. The molecule has 3 rings (SSSR count). The van der Waals surface area contributed by atoms with Crippen LogP contribution in [0.1, 0.15) is 12.6 Å². The van der Waals surface area contributed by atoms with Gasteiger partial charge in [-0.3, -0.25) is 14.3 Å². The summed E-state index contributed by atoms with van der Waals surface area (Å²) < 4.78 is 5.82. The van der Waals surface area contributed by atoms with Crippen molar-refractivity contribution in [1.82, 2.24) is 9.55 Å². The van der Waals surface area contributed by atoms with E-state index in [0.29, 0.717) is 6.42 Å². The van der Waals surface area contributed by atoms with E-state index < -0.39 is 40.7 Å². The summed E-state index contributed by atoms with van der Waals surface area (Å²) in [6.07, 6.45) is -0.493. The van der Waals surface area contributed by atoms with Crippen LogP contribution in [-0.2, 0) is 4.74 Å². The zero-order chi connectivity index (χ0) is 16.0. The third-order valence-corrected chi connectivity index (χ3v) is 5.61. The number of aromatic nitrogens is 2. The third-order valence-electron chi connectivity index (χ3n) is 4.03. The van der Waals surface area contributed by atoms with Crippen molar-refractivity contribution >= 4 is 11.8 Å². The van der Waals surface area contributed by atoms with Crippen molar-refractivity contribution < 1.29 is 14.9 Å². The van der Waals surface area contributed by atoms with Crippen molar-refractivity contribution in [2.45, 2.75) is 29.2 Å². The highest BCUT2D eigenvalue weighted by Crippen LogP contribution is 2.59. The van der Waals surface area contributed by atoms with Crippen LogP contribution in [-0.4, -0.2) is 48.7 Å². The van der Waals surface area contributed by atoms with E-state index in [1.54, 1.807) is 0 Å². The lowest BCUT2D eigenvalue weighted by molar-refractivity contribution is -0.124. The maximum atomic E-state index is 12.0. The first-order chi connectivity index (χ1) is 10.5. The summed E-state index contributed by atoms with van der Waals surface area (Å²) in [5, 5.41) is 23.5. The maximum absolute atomic E-state index is 12.0. The number of hydrogen-bond acceptors (Lipinski definition) is 7. The predicted molar refractivity (Wildman–Crippen MR) is 76.2 cm³/mol. The summed E-state index contributed by atoms with van der Waals surface area (Å²) in [5.41, 5.74) is 5.56. The second-order valence-electron chi connectivity index (χ2n) is 5.14. The van der Waals surface area contributed by atoms with Crippen molar-refractivity contribution in [3.8, 4) is 0 Å². The van der Waals surface area contributed by atoms with Crippen molar-refractivity contribution in [2.75, 3.05) is 12.4 Å². The molecule has 0 amide bonds. The van der Waals surface area contributed by atoms with Gasteiger partial charge in [-0.25, -0.2) is 4.79 Å². The molecular formula is C11H13N5O5S. The summed E-state index contributed by atoms with van der Waals surface area (Å²) in [6, 6.07) is 1.15. The highest BCUT2D eigenvalue weighted by atomic mass is 32.2. The van der Waals surface area contributed by atoms with Gasteiger partial charge >= 0.3 is 5.69 Å². The molecule has 0 radical (unpaired) electrons. The smallest absolute Gasteiger partial charge is 0.330 e. The Morgan fingerprint density at radius 1 is 1.64 bits per heavy atom. The molecular weight excluding hydrogens is 314 g/mol. The van der Waals surface area contributed by atoms with Gasteiger partial charge in [0.05, 0.1) is 11.4 Å². The van der Waals surface area contributed by atoms with Gasteiger partial charge in [-0.1, -0.05) is 5.11 Å². The van der Waals surface area contributed by atoms with Crippen LogP contribution in [0.15, 0.2) is 27.0 Å². The molecule has 0 aliphatic carbocycles. The van der Waals surface area contributed by atoms with E-state index in [9.17, 15) is 19.8 Å². The van der Waals surface area contributed by atoms with Crippen LogP contribution in [0.3, 0.4) is 0 Å². The van der Waals surface area contributed by atoms with Crippen LogP contribution in [0, 0.1) is 0 Å². The van der Waals surface area contributed by atoms with Crippen LogP contribution in [0.4, 0.5) is 0 Å². The summed E-state index contributed by atoms with van der Waals surface area (Å²) in [7, 11) is 0. The molecule has 22 heavy (non-hydrogen) atoms. The fourth-order valence-corrected chi connectivity index (χ4v) is 4.16. The van der Waals surface area contributed by atoms with Gasteiger partial charge in [0.1, 0.15) is 6.10 Å². The van der Waals surface area contributed by atoms with Gasteiger partial charge in [0, 0.05) is 17.2 Å². The zero-order valence-corrected chi connectivity index (χ0v) is 12.1. The molecule has 2 fully saturated rings. The minimum atomic E-state index is -1.86. The number of aliphatic hydroxyl groups excluding tert-OH is 2. The number of azide groups is 1. The molecule has 11 heteroatoms. The summed E-state index contributed by atoms with van der Waals surface area (Å²) in [6.45, 7) is -0.727. The molecule has 3 N–H and O–H groups in total. The standard InChI is InChI=1S/C11H13N5O5S/c12-15-14-11(5-17)7(19)10(2-4-22-10)8(21-11)16-3-1-6(18)13-9(16)20/h1,3,7-8,17,19H,2,4-5H2,(H,13,18,20)/t7-,8+,10+,11+/m0/s1. The fourth-order valence-electron chi connectivity index (χ4n) is 2.84. The summed E-state index contributed by atoms with van der Waals surface area (Å²) in [4.78, 5) is 27.9. The molecule has 10 nitrogen and oxygen atoms in total. The Bertz CT molecular complexity index is 752. The predicted octanol–water partition coefficient (Wildman–Crippen LogP) is -0.699. The van der Waals surface area contributed by atoms with Crippen LogP contribution < -0.4 is 11.2 Å². The number of rotatable bonds is 3. The van der Waals surface area contributed by atoms with Crippen molar-refractivity contribution in [2.24, 2.45) is 5.11 Å². The second-order valence-corrected chi connectivity index (χ2v) is 6.59. The lowest BCUT2D eigenvalue weighted by Crippen LogP contribution is -2.54. The Hall–Kier alpha value is -1.78. The number of thioether (sulfide) groups is 1. The minimum Gasteiger partial charge on any atom is -0.393 e. The molecule has 1 aromatic heterocycles. The van der Waals surface area contributed by atoms with E-state index in [1.807, 2.05) is 0 Å². The summed E-state index contributed by atoms with van der Waals surface area (Å²) in [5.74, 6) is 0.729. The van der Waals surface area contributed by atoms with Crippen molar-refractivity contribution in [3.63, 3.8) is 0 Å².